The van der Waals surface area contributed by atoms with Crippen LogP contribution in [-0.4, -0.2) is 54.5 Å². The molecular weight excluding hydrogens is 240 g/mol. The van der Waals surface area contributed by atoms with Gasteiger partial charge in [0.1, 0.15) is 6.04 Å². The molecule has 17 heavy (non-hydrogen) atoms. The average molecular weight is 260 g/mol. The van der Waals surface area contributed by atoms with Crippen molar-refractivity contribution in [3.63, 3.8) is 0 Å². The lowest BCUT2D eigenvalue weighted by Crippen LogP contribution is -2.48. The Bertz CT molecular complexity index is 286. The summed E-state index contributed by atoms with van der Waals surface area (Å²) < 4.78 is 4.70. The van der Waals surface area contributed by atoms with Crippen molar-refractivity contribution in [1.29, 1.82) is 0 Å². The van der Waals surface area contributed by atoms with Gasteiger partial charge < -0.3 is 15.4 Å². The Morgan fingerprint density at radius 1 is 1.59 bits per heavy atom. The van der Waals surface area contributed by atoms with Crippen molar-refractivity contribution in [3.8, 4) is 0 Å². The maximum atomic E-state index is 12.1. The van der Waals surface area contributed by atoms with Crippen molar-refractivity contribution in [3.05, 3.63) is 0 Å². The van der Waals surface area contributed by atoms with Gasteiger partial charge in [-0.15, -0.1) is 0 Å². The zero-order valence-corrected chi connectivity index (χ0v) is 11.2. The number of carbonyl (C=O) groups is 2. The third kappa shape index (κ3) is 3.61. The summed E-state index contributed by atoms with van der Waals surface area (Å²) in [5, 5.41) is 0. The first-order chi connectivity index (χ1) is 8.11. The molecule has 2 atom stereocenters. The number of esters is 1. The normalized spacial score (nSPS) is 21.4. The number of likely N-dealkylation sites (tertiary alicyclic amines) is 1. The number of nitrogens with zero attached hydrogens (tertiary/aromatic N) is 1. The highest BCUT2D eigenvalue weighted by Gasteiger charge is 2.36. The van der Waals surface area contributed by atoms with E-state index >= 15 is 0 Å². The molecule has 0 aliphatic carbocycles. The Hall–Kier alpha value is -0.750. The van der Waals surface area contributed by atoms with E-state index in [2.05, 4.69) is 0 Å². The molecule has 1 aliphatic rings. The van der Waals surface area contributed by atoms with Gasteiger partial charge in [-0.05, 0) is 31.3 Å². The summed E-state index contributed by atoms with van der Waals surface area (Å²) >= 11 is 1.66. The summed E-state index contributed by atoms with van der Waals surface area (Å²) in [6, 6.07) is -0.944. The van der Waals surface area contributed by atoms with Crippen LogP contribution in [0.1, 0.15) is 19.3 Å². The molecule has 2 N–H and O–H groups in total. The van der Waals surface area contributed by atoms with Crippen molar-refractivity contribution in [1.82, 2.24) is 4.90 Å². The van der Waals surface area contributed by atoms with E-state index < -0.39 is 12.1 Å². The first-order valence-electron chi connectivity index (χ1n) is 5.74. The van der Waals surface area contributed by atoms with E-state index in [0.717, 1.165) is 12.2 Å². The number of thioether (sulfide) groups is 1. The van der Waals surface area contributed by atoms with E-state index in [-0.39, 0.29) is 11.9 Å². The minimum atomic E-state index is -0.507. The average Bonchev–Trinajstić information content (AvgIpc) is 2.82. The predicted molar refractivity (Wildman–Crippen MR) is 67.7 cm³/mol. The van der Waals surface area contributed by atoms with Crippen LogP contribution in [0.3, 0.4) is 0 Å². The van der Waals surface area contributed by atoms with E-state index in [1.807, 2.05) is 6.26 Å². The SMILES string of the molecule is COC(=O)C1CCCN1C(=O)[C@H](N)CCSC. The van der Waals surface area contributed by atoms with E-state index in [9.17, 15) is 9.59 Å². The molecule has 98 valence electrons. The van der Waals surface area contributed by atoms with Crippen LogP contribution in [0.2, 0.25) is 0 Å². The maximum absolute atomic E-state index is 12.1. The number of hydrogen-bond acceptors (Lipinski definition) is 5. The monoisotopic (exact) mass is 260 g/mol. The highest BCUT2D eigenvalue weighted by Crippen LogP contribution is 2.19. The number of hydrogen-bond donors (Lipinski definition) is 1. The smallest absolute Gasteiger partial charge is 0.328 e. The molecule has 0 saturated carbocycles. The van der Waals surface area contributed by atoms with Gasteiger partial charge >= 0.3 is 5.97 Å². The summed E-state index contributed by atoms with van der Waals surface area (Å²) in [6.45, 7) is 0.603. The van der Waals surface area contributed by atoms with Crippen molar-refractivity contribution in [2.45, 2.75) is 31.3 Å². The molecule has 1 aliphatic heterocycles. The number of ether oxygens (including phenoxy) is 1. The van der Waals surface area contributed by atoms with Gasteiger partial charge in [-0.1, -0.05) is 0 Å². The van der Waals surface area contributed by atoms with Gasteiger partial charge in [0.15, 0.2) is 0 Å². The van der Waals surface area contributed by atoms with Gasteiger partial charge in [0.2, 0.25) is 5.91 Å². The largest absolute Gasteiger partial charge is 0.467 e. The van der Waals surface area contributed by atoms with Crippen molar-refractivity contribution >= 4 is 23.6 Å². The molecular formula is C11H20N2O3S. The fourth-order valence-electron chi connectivity index (χ4n) is 1.99. The van der Waals surface area contributed by atoms with E-state index in [1.54, 1.807) is 16.7 Å². The van der Waals surface area contributed by atoms with Crippen LogP contribution in [0.15, 0.2) is 0 Å². The number of amides is 1. The molecule has 1 amide bonds. The Balaban J connectivity index is 2.58. The predicted octanol–water partition coefficient (Wildman–Crippen LogP) is 0.231. The number of methoxy groups -OCH3 is 1. The van der Waals surface area contributed by atoms with Crippen LogP contribution in [-0.2, 0) is 14.3 Å². The number of rotatable bonds is 5. The number of nitrogens with two attached hydrogens (primary N) is 1. The topological polar surface area (TPSA) is 72.6 Å². The second-order valence-electron chi connectivity index (χ2n) is 4.10. The summed E-state index contributed by atoms with van der Waals surface area (Å²) in [5.74, 6) is 0.378. The zero-order valence-electron chi connectivity index (χ0n) is 10.3. The summed E-state index contributed by atoms with van der Waals surface area (Å²) in [6.07, 6.45) is 4.13. The van der Waals surface area contributed by atoms with Gasteiger partial charge in [-0.2, -0.15) is 11.8 Å². The Kier molecular flexibility index (Phi) is 5.77. The van der Waals surface area contributed by atoms with Crippen LogP contribution in [0, 0.1) is 0 Å². The molecule has 6 heteroatoms. The van der Waals surface area contributed by atoms with Gasteiger partial charge in [0, 0.05) is 6.54 Å². The highest BCUT2D eigenvalue weighted by molar-refractivity contribution is 7.98. The molecule has 0 bridgehead atoms. The summed E-state index contributed by atoms with van der Waals surface area (Å²) in [7, 11) is 1.34. The van der Waals surface area contributed by atoms with Gasteiger partial charge in [-0.3, -0.25) is 4.79 Å². The van der Waals surface area contributed by atoms with E-state index in [4.69, 9.17) is 10.5 Å². The van der Waals surface area contributed by atoms with E-state index in [0.29, 0.717) is 19.4 Å². The molecule has 5 nitrogen and oxygen atoms in total. The Labute approximate surface area is 106 Å². The minimum Gasteiger partial charge on any atom is -0.467 e. The lowest BCUT2D eigenvalue weighted by atomic mass is 10.2. The van der Waals surface area contributed by atoms with Crippen LogP contribution in [0.5, 0.6) is 0 Å². The molecule has 0 aromatic rings. The van der Waals surface area contributed by atoms with Crippen LogP contribution < -0.4 is 5.73 Å². The molecule has 1 fully saturated rings. The lowest BCUT2D eigenvalue weighted by Gasteiger charge is -2.25. The van der Waals surface area contributed by atoms with Crippen molar-refractivity contribution in [2.24, 2.45) is 5.73 Å². The Morgan fingerprint density at radius 2 is 2.29 bits per heavy atom. The van der Waals surface area contributed by atoms with Gasteiger partial charge in [0.05, 0.1) is 13.2 Å². The molecule has 1 unspecified atom stereocenters. The summed E-state index contributed by atoms with van der Waals surface area (Å²) in [5.41, 5.74) is 5.83. The molecule has 0 radical (unpaired) electrons. The number of carbonyl (C=O) groups excluding carboxylic acids is 2. The first kappa shape index (κ1) is 14.3. The van der Waals surface area contributed by atoms with Crippen molar-refractivity contribution in [2.75, 3.05) is 25.7 Å². The van der Waals surface area contributed by atoms with Gasteiger partial charge in [-0.25, -0.2) is 4.79 Å². The molecule has 0 aromatic heterocycles. The fourth-order valence-corrected chi connectivity index (χ4v) is 2.48. The molecule has 1 rings (SSSR count). The van der Waals surface area contributed by atoms with Crippen molar-refractivity contribution < 1.29 is 14.3 Å². The second-order valence-corrected chi connectivity index (χ2v) is 5.09. The van der Waals surface area contributed by atoms with Crippen LogP contribution in [0.25, 0.3) is 0 Å². The maximum Gasteiger partial charge on any atom is 0.328 e. The molecule has 1 saturated heterocycles. The zero-order chi connectivity index (χ0) is 12.8. The molecule has 1 heterocycles. The highest BCUT2D eigenvalue weighted by atomic mass is 32.2. The molecule has 0 aromatic carbocycles. The molecule has 0 spiro atoms. The first-order valence-corrected chi connectivity index (χ1v) is 7.14. The fraction of sp³-hybridized carbons (Fsp3) is 0.818. The third-order valence-corrected chi connectivity index (χ3v) is 3.60. The van der Waals surface area contributed by atoms with Crippen LogP contribution in [0.4, 0.5) is 0 Å². The van der Waals surface area contributed by atoms with E-state index in [1.165, 1.54) is 7.11 Å². The third-order valence-electron chi connectivity index (χ3n) is 2.96. The van der Waals surface area contributed by atoms with Crippen LogP contribution >= 0.6 is 11.8 Å². The Morgan fingerprint density at radius 3 is 2.88 bits per heavy atom. The lowest BCUT2D eigenvalue weighted by molar-refractivity contribution is -0.151. The quantitative estimate of drug-likeness (QED) is 0.716. The second kappa shape index (κ2) is 6.86. The van der Waals surface area contributed by atoms with Gasteiger partial charge in [0.25, 0.3) is 0 Å². The summed E-state index contributed by atoms with van der Waals surface area (Å²) in [4.78, 5) is 25.1. The minimum absolute atomic E-state index is 0.132. The standard InChI is InChI=1S/C11H20N2O3S/c1-16-11(15)9-4-3-6-13(9)10(14)8(12)5-7-17-2/h8-9H,3-7,12H2,1-2H3/t8-,9?/m1/s1.